The predicted molar refractivity (Wildman–Crippen MR) is 67.4 cm³/mol. The number of ether oxygens (including phenoxy) is 1. The second kappa shape index (κ2) is 7.57. The van der Waals surface area contributed by atoms with Gasteiger partial charge < -0.3 is 26.2 Å². The SMILES string of the molecule is COC(CNC(=O)NCC(C)(C)C(N)=O)CC(=O)O. The number of aliphatic carboxylic acids is 1. The average molecular weight is 275 g/mol. The van der Waals surface area contributed by atoms with E-state index in [-0.39, 0.29) is 19.5 Å². The summed E-state index contributed by atoms with van der Waals surface area (Å²) in [5.74, 6) is -1.53. The summed E-state index contributed by atoms with van der Waals surface area (Å²) < 4.78 is 4.90. The van der Waals surface area contributed by atoms with Crippen molar-refractivity contribution in [2.45, 2.75) is 26.4 Å². The van der Waals surface area contributed by atoms with Crippen LogP contribution in [-0.2, 0) is 14.3 Å². The van der Waals surface area contributed by atoms with E-state index in [1.807, 2.05) is 0 Å². The summed E-state index contributed by atoms with van der Waals surface area (Å²) in [7, 11) is 1.36. The van der Waals surface area contributed by atoms with Crippen molar-refractivity contribution in [1.29, 1.82) is 0 Å². The normalized spacial score (nSPS) is 12.6. The lowest BCUT2D eigenvalue weighted by atomic mass is 9.93. The van der Waals surface area contributed by atoms with Gasteiger partial charge in [0.15, 0.2) is 0 Å². The molecule has 0 aromatic carbocycles. The molecule has 0 radical (unpaired) electrons. The number of carbonyl (C=O) groups is 3. The highest BCUT2D eigenvalue weighted by Gasteiger charge is 2.25. The number of rotatable bonds is 8. The minimum absolute atomic E-state index is 0.0611. The lowest BCUT2D eigenvalue weighted by Crippen LogP contribution is -2.47. The van der Waals surface area contributed by atoms with Crippen LogP contribution in [-0.4, -0.2) is 49.3 Å². The monoisotopic (exact) mass is 275 g/mol. The van der Waals surface area contributed by atoms with Crippen LogP contribution in [0.2, 0.25) is 0 Å². The standard InChI is InChI=1S/C11H21N3O5/c1-11(2,9(12)17)6-14-10(18)13-5-7(19-3)4-8(15)16/h7H,4-6H2,1-3H3,(H2,12,17)(H,15,16)(H2,13,14,18). The third-order valence-corrected chi connectivity index (χ3v) is 2.58. The summed E-state index contributed by atoms with van der Waals surface area (Å²) in [6.45, 7) is 3.37. The van der Waals surface area contributed by atoms with Gasteiger partial charge in [-0.15, -0.1) is 0 Å². The molecule has 0 saturated heterocycles. The summed E-state index contributed by atoms with van der Waals surface area (Å²) >= 11 is 0. The fourth-order valence-electron chi connectivity index (χ4n) is 1.09. The molecule has 0 aliphatic carbocycles. The third-order valence-electron chi connectivity index (χ3n) is 2.58. The lowest BCUT2D eigenvalue weighted by Gasteiger charge is -2.21. The molecule has 0 fully saturated rings. The maximum atomic E-state index is 11.4. The summed E-state index contributed by atoms with van der Waals surface area (Å²) in [6, 6.07) is -0.512. The number of amides is 3. The minimum atomic E-state index is -1.01. The number of nitrogens with two attached hydrogens (primary N) is 1. The van der Waals surface area contributed by atoms with Crippen molar-refractivity contribution >= 4 is 17.9 Å². The van der Waals surface area contributed by atoms with Crippen molar-refractivity contribution in [2.75, 3.05) is 20.2 Å². The number of methoxy groups -OCH3 is 1. The van der Waals surface area contributed by atoms with Crippen molar-refractivity contribution in [3.63, 3.8) is 0 Å². The van der Waals surface area contributed by atoms with Gasteiger partial charge in [-0.3, -0.25) is 9.59 Å². The summed E-state index contributed by atoms with van der Waals surface area (Å²) in [4.78, 5) is 33.0. The third kappa shape index (κ3) is 7.24. The fraction of sp³-hybridized carbons (Fsp3) is 0.727. The van der Waals surface area contributed by atoms with Gasteiger partial charge >= 0.3 is 12.0 Å². The first kappa shape index (κ1) is 17.2. The molecule has 0 spiro atoms. The molecule has 0 aromatic heterocycles. The Kier molecular flexibility index (Phi) is 6.84. The van der Waals surface area contributed by atoms with Crippen molar-refractivity contribution in [3.05, 3.63) is 0 Å². The first-order valence-electron chi connectivity index (χ1n) is 5.75. The molecule has 19 heavy (non-hydrogen) atoms. The van der Waals surface area contributed by atoms with Gasteiger partial charge in [0.25, 0.3) is 0 Å². The van der Waals surface area contributed by atoms with Crippen molar-refractivity contribution in [1.82, 2.24) is 10.6 Å². The molecule has 1 unspecified atom stereocenters. The molecule has 8 nitrogen and oxygen atoms in total. The van der Waals surface area contributed by atoms with E-state index in [9.17, 15) is 14.4 Å². The van der Waals surface area contributed by atoms with Gasteiger partial charge in [-0.25, -0.2) is 4.79 Å². The Morgan fingerprint density at radius 2 is 1.89 bits per heavy atom. The molecule has 0 heterocycles. The first-order chi connectivity index (χ1) is 8.69. The van der Waals surface area contributed by atoms with Gasteiger partial charge in [0.2, 0.25) is 5.91 Å². The van der Waals surface area contributed by atoms with E-state index in [1.165, 1.54) is 7.11 Å². The van der Waals surface area contributed by atoms with Gasteiger partial charge in [0.1, 0.15) is 0 Å². The Balaban J connectivity index is 4.05. The zero-order valence-electron chi connectivity index (χ0n) is 11.4. The smallest absolute Gasteiger partial charge is 0.314 e. The number of primary amides is 1. The van der Waals surface area contributed by atoms with Crippen molar-refractivity contribution in [3.8, 4) is 0 Å². The summed E-state index contributed by atoms with van der Waals surface area (Å²) in [6.07, 6.45) is -0.809. The summed E-state index contributed by atoms with van der Waals surface area (Å²) in [5.41, 5.74) is 4.31. The van der Waals surface area contributed by atoms with E-state index < -0.39 is 29.4 Å². The van der Waals surface area contributed by atoms with Gasteiger partial charge in [-0.05, 0) is 13.8 Å². The van der Waals surface area contributed by atoms with E-state index in [1.54, 1.807) is 13.8 Å². The Morgan fingerprint density at radius 3 is 2.32 bits per heavy atom. The zero-order valence-corrected chi connectivity index (χ0v) is 11.4. The molecular formula is C11H21N3O5. The van der Waals surface area contributed by atoms with Crippen LogP contribution in [0.5, 0.6) is 0 Å². The Morgan fingerprint density at radius 1 is 1.32 bits per heavy atom. The van der Waals surface area contributed by atoms with Gasteiger partial charge in [0, 0.05) is 20.2 Å². The van der Waals surface area contributed by atoms with Crippen LogP contribution in [0.1, 0.15) is 20.3 Å². The molecule has 0 rings (SSSR count). The molecule has 0 bridgehead atoms. The van der Waals surface area contributed by atoms with Crippen LogP contribution in [0.15, 0.2) is 0 Å². The molecule has 0 aliphatic heterocycles. The number of carboxylic acids is 1. The largest absolute Gasteiger partial charge is 0.481 e. The number of carboxylic acid groups (broad SMARTS) is 1. The highest BCUT2D eigenvalue weighted by molar-refractivity contribution is 5.81. The molecule has 5 N–H and O–H groups in total. The highest BCUT2D eigenvalue weighted by Crippen LogP contribution is 2.11. The van der Waals surface area contributed by atoms with Crippen LogP contribution in [0.4, 0.5) is 4.79 Å². The molecule has 110 valence electrons. The molecular weight excluding hydrogens is 254 g/mol. The van der Waals surface area contributed by atoms with Crippen molar-refractivity contribution < 1.29 is 24.2 Å². The predicted octanol–water partition coefficient (Wildman–Crippen LogP) is -0.713. The number of hydrogen-bond donors (Lipinski definition) is 4. The lowest BCUT2D eigenvalue weighted by molar-refractivity contribution is -0.139. The van der Waals surface area contributed by atoms with Gasteiger partial charge in [-0.2, -0.15) is 0 Å². The molecule has 1 atom stereocenters. The first-order valence-corrected chi connectivity index (χ1v) is 5.75. The molecule has 0 saturated carbocycles. The second-order valence-electron chi connectivity index (χ2n) is 4.77. The maximum Gasteiger partial charge on any atom is 0.314 e. The Labute approximate surface area is 111 Å². The minimum Gasteiger partial charge on any atom is -0.481 e. The van der Waals surface area contributed by atoms with Crippen LogP contribution in [0.3, 0.4) is 0 Å². The van der Waals surface area contributed by atoms with Crippen molar-refractivity contribution in [2.24, 2.45) is 11.1 Å². The van der Waals surface area contributed by atoms with E-state index in [0.717, 1.165) is 0 Å². The zero-order chi connectivity index (χ0) is 15.1. The van der Waals surface area contributed by atoms with E-state index in [2.05, 4.69) is 10.6 Å². The van der Waals surface area contributed by atoms with Crippen LogP contribution < -0.4 is 16.4 Å². The highest BCUT2D eigenvalue weighted by atomic mass is 16.5. The summed E-state index contributed by atoms with van der Waals surface area (Å²) in [5, 5.41) is 13.5. The quantitative estimate of drug-likeness (QED) is 0.464. The molecule has 8 heteroatoms. The fourth-order valence-corrected chi connectivity index (χ4v) is 1.09. The number of nitrogens with one attached hydrogen (secondary N) is 2. The second-order valence-corrected chi connectivity index (χ2v) is 4.77. The van der Waals surface area contributed by atoms with Gasteiger partial charge in [0.05, 0.1) is 17.9 Å². The number of hydrogen-bond acceptors (Lipinski definition) is 4. The Bertz CT molecular complexity index is 343. The van der Waals surface area contributed by atoms with E-state index >= 15 is 0 Å². The molecule has 3 amide bonds. The topological polar surface area (TPSA) is 131 Å². The Hall–Kier alpha value is -1.83. The average Bonchev–Trinajstić information content (AvgIpc) is 2.31. The van der Waals surface area contributed by atoms with Crippen LogP contribution in [0, 0.1) is 5.41 Å². The molecule has 0 aliphatic rings. The molecule has 0 aromatic rings. The maximum absolute atomic E-state index is 11.4. The van der Waals surface area contributed by atoms with Crippen LogP contribution >= 0.6 is 0 Å². The number of carbonyl (C=O) groups excluding carboxylic acids is 2. The van der Waals surface area contributed by atoms with E-state index in [4.69, 9.17) is 15.6 Å². The van der Waals surface area contributed by atoms with Crippen LogP contribution in [0.25, 0.3) is 0 Å². The van der Waals surface area contributed by atoms with E-state index in [0.29, 0.717) is 0 Å². The van der Waals surface area contributed by atoms with Gasteiger partial charge in [-0.1, -0.05) is 0 Å². The number of urea groups is 1.